The number of pyridine rings is 1. The summed E-state index contributed by atoms with van der Waals surface area (Å²) in [6, 6.07) is 5.25. The van der Waals surface area contributed by atoms with Crippen molar-refractivity contribution in [3.8, 4) is 0 Å². The van der Waals surface area contributed by atoms with E-state index in [2.05, 4.69) is 11.9 Å². The molecule has 0 saturated carbocycles. The lowest BCUT2D eigenvalue weighted by Gasteiger charge is -2.27. The van der Waals surface area contributed by atoms with E-state index in [-0.39, 0.29) is 38.3 Å². The van der Waals surface area contributed by atoms with Crippen LogP contribution in [0, 0.1) is 11.1 Å². The first-order valence-electron chi connectivity index (χ1n) is 16.5. The van der Waals surface area contributed by atoms with Crippen molar-refractivity contribution in [1.82, 2.24) is 14.9 Å². The van der Waals surface area contributed by atoms with Gasteiger partial charge in [-0.3, -0.25) is 9.78 Å². The fourth-order valence-electron chi connectivity index (χ4n) is 5.19. The number of carbonyl (C=O) groups is 3. The van der Waals surface area contributed by atoms with Gasteiger partial charge in [-0.15, -0.1) is 0 Å². The Bertz CT molecular complexity index is 902. The van der Waals surface area contributed by atoms with Gasteiger partial charge in [-0.05, 0) is 25.0 Å². The Balaban J connectivity index is 1.46. The van der Waals surface area contributed by atoms with Gasteiger partial charge in [0.25, 0.3) is 0 Å². The molecule has 3 amide bonds. The Morgan fingerprint density at radius 3 is 2.00 bits per heavy atom. The Kier molecular flexibility index (Phi) is 19.3. The van der Waals surface area contributed by atoms with E-state index in [0.29, 0.717) is 30.2 Å². The average Bonchev–Trinajstić information content (AvgIpc) is 3.47. The highest BCUT2D eigenvalue weighted by Gasteiger charge is 2.29. The maximum Gasteiger partial charge on any atom is 0.416 e. The number of hydrogen-bond donors (Lipinski definition) is 0. The molecule has 0 bridgehead atoms. The van der Waals surface area contributed by atoms with Crippen LogP contribution in [0.2, 0.25) is 0 Å². The zero-order valence-electron chi connectivity index (χ0n) is 26.5. The number of unbranched alkanes of at least 4 members (excludes halogenated alkanes) is 14. The van der Waals surface area contributed by atoms with Gasteiger partial charge >= 0.3 is 12.2 Å². The van der Waals surface area contributed by atoms with Gasteiger partial charge in [0.15, 0.2) is 0 Å². The first kappa shape index (κ1) is 36.5. The highest BCUT2D eigenvalue weighted by Crippen LogP contribution is 2.21. The van der Waals surface area contributed by atoms with Crippen LogP contribution in [-0.4, -0.2) is 65.5 Å². The number of aromatic nitrogens is 1. The second-order valence-corrected chi connectivity index (χ2v) is 11.7. The molecular weight excluding hydrogens is 550 g/mol. The molecule has 0 spiro atoms. The van der Waals surface area contributed by atoms with E-state index in [1.54, 1.807) is 24.4 Å². The summed E-state index contributed by atoms with van der Waals surface area (Å²) >= 11 is 0. The van der Waals surface area contributed by atoms with Crippen molar-refractivity contribution in [3.05, 3.63) is 35.3 Å². The average molecular weight is 605 g/mol. The van der Waals surface area contributed by atoms with Gasteiger partial charge in [-0.2, -0.15) is 0 Å². The van der Waals surface area contributed by atoms with Crippen molar-refractivity contribution in [2.45, 2.75) is 129 Å². The predicted octanol–water partition coefficient (Wildman–Crippen LogP) is 7.78. The lowest BCUT2D eigenvalue weighted by Crippen LogP contribution is -2.36. The number of carbonyl (C=O) groups excluding carboxylic acids is 3. The smallest absolute Gasteiger partial charge is 0.416 e. The molecule has 0 N–H and O–H groups in total. The molecule has 10 nitrogen and oxygen atoms in total. The standard InChI is InChI=1S/C33H54N3O7/c1-3-4-5-6-7-8-9-10-11-12-13-14-15-16-19-22-36(40)33(39)42-26-29-23-31(41-25-29)27-43-32(38)35(28(2)37)24-30-20-17-18-21-34-30/h17-18,20-21,29,31H,3-16,19,22-27H2,1-2H3/q-1/t29-,31+/m1/s1. The van der Waals surface area contributed by atoms with Crippen LogP contribution < -0.4 is 0 Å². The van der Waals surface area contributed by atoms with Crippen LogP contribution in [0.25, 0.3) is 0 Å². The molecule has 1 fully saturated rings. The molecule has 1 saturated heterocycles. The summed E-state index contributed by atoms with van der Waals surface area (Å²) in [5.74, 6) is -0.538. The number of amides is 3. The summed E-state index contributed by atoms with van der Waals surface area (Å²) in [7, 11) is 0. The van der Waals surface area contributed by atoms with E-state index in [1.165, 1.54) is 84.0 Å². The molecule has 1 aliphatic rings. The molecular formula is C33H54N3O7-. The van der Waals surface area contributed by atoms with Crippen LogP contribution in [0.4, 0.5) is 9.59 Å². The van der Waals surface area contributed by atoms with E-state index in [9.17, 15) is 19.6 Å². The van der Waals surface area contributed by atoms with Crippen LogP contribution in [0.15, 0.2) is 24.4 Å². The predicted molar refractivity (Wildman–Crippen MR) is 166 cm³/mol. The lowest BCUT2D eigenvalue weighted by molar-refractivity contribution is -0.128. The number of hydrogen-bond acceptors (Lipinski definition) is 8. The Labute approximate surface area is 258 Å². The monoisotopic (exact) mass is 604 g/mol. The quantitative estimate of drug-likeness (QED) is 0.0971. The summed E-state index contributed by atoms with van der Waals surface area (Å²) < 4.78 is 16.2. The molecule has 10 heteroatoms. The molecule has 1 aromatic rings. The zero-order valence-corrected chi connectivity index (χ0v) is 26.5. The van der Waals surface area contributed by atoms with Crippen LogP contribution in [0.5, 0.6) is 0 Å². The summed E-state index contributed by atoms with van der Waals surface area (Å²) in [6.07, 6.45) is 18.7. The van der Waals surface area contributed by atoms with E-state index < -0.39 is 18.1 Å². The summed E-state index contributed by atoms with van der Waals surface area (Å²) in [5, 5.41) is 12.5. The summed E-state index contributed by atoms with van der Waals surface area (Å²) in [6.45, 7) is 4.08. The minimum absolute atomic E-state index is 0.0181. The van der Waals surface area contributed by atoms with E-state index >= 15 is 0 Å². The molecule has 1 aromatic heterocycles. The number of nitrogens with zero attached hydrogens (tertiary/aromatic N) is 3. The number of ether oxygens (including phenoxy) is 3. The Morgan fingerprint density at radius 1 is 0.860 bits per heavy atom. The maximum absolute atomic E-state index is 12.5. The summed E-state index contributed by atoms with van der Waals surface area (Å²) in [5.41, 5.74) is 0.570. The number of imide groups is 1. The largest absolute Gasteiger partial charge is 0.754 e. The SMILES string of the molecule is CCCCCCCCCCCCCCCCCN([O-])C(=O)OC[C@H]1CO[C@H](COC(=O)N(Cc2ccccn2)C(C)=O)C1. The minimum atomic E-state index is -0.869. The third-order valence-electron chi connectivity index (χ3n) is 7.81. The van der Waals surface area contributed by atoms with Gasteiger partial charge in [0, 0.05) is 25.6 Å². The van der Waals surface area contributed by atoms with E-state index in [4.69, 9.17) is 14.2 Å². The second kappa shape index (κ2) is 22.8. The number of hydroxylamine groups is 2. The third kappa shape index (κ3) is 16.6. The fourth-order valence-corrected chi connectivity index (χ4v) is 5.19. The highest BCUT2D eigenvalue weighted by molar-refractivity contribution is 5.90. The molecule has 0 aromatic carbocycles. The van der Waals surface area contributed by atoms with Crippen molar-refractivity contribution in [1.29, 1.82) is 0 Å². The van der Waals surface area contributed by atoms with Crippen molar-refractivity contribution < 1.29 is 28.6 Å². The Morgan fingerprint density at radius 2 is 1.44 bits per heavy atom. The molecule has 0 unspecified atom stereocenters. The van der Waals surface area contributed by atoms with Crippen LogP contribution >= 0.6 is 0 Å². The van der Waals surface area contributed by atoms with Crippen LogP contribution in [-0.2, 0) is 25.5 Å². The van der Waals surface area contributed by atoms with Gasteiger partial charge in [0.1, 0.15) is 6.61 Å². The van der Waals surface area contributed by atoms with Gasteiger partial charge in [0.2, 0.25) is 5.91 Å². The third-order valence-corrected chi connectivity index (χ3v) is 7.81. The molecule has 0 radical (unpaired) electrons. The van der Waals surface area contributed by atoms with Crippen LogP contribution in [0.3, 0.4) is 0 Å². The molecule has 2 atom stereocenters. The Hall–Kier alpha value is -2.72. The molecule has 43 heavy (non-hydrogen) atoms. The highest BCUT2D eigenvalue weighted by atomic mass is 16.6. The van der Waals surface area contributed by atoms with Gasteiger partial charge in [0.05, 0.1) is 31.6 Å². The second-order valence-electron chi connectivity index (χ2n) is 11.7. The topological polar surface area (TPSA) is 121 Å². The normalized spacial score (nSPS) is 16.2. The van der Waals surface area contributed by atoms with E-state index in [0.717, 1.165) is 17.7 Å². The van der Waals surface area contributed by atoms with E-state index in [1.807, 2.05) is 0 Å². The summed E-state index contributed by atoms with van der Waals surface area (Å²) in [4.78, 5) is 41.6. The molecule has 244 valence electrons. The maximum atomic E-state index is 12.5. The zero-order chi connectivity index (χ0) is 31.1. The number of rotatable bonds is 22. The van der Waals surface area contributed by atoms with Crippen LogP contribution in [0.1, 0.15) is 122 Å². The van der Waals surface area contributed by atoms with Gasteiger partial charge < -0.3 is 24.5 Å². The minimum Gasteiger partial charge on any atom is -0.754 e. The van der Waals surface area contributed by atoms with Crippen molar-refractivity contribution in [3.63, 3.8) is 0 Å². The van der Waals surface area contributed by atoms with Gasteiger partial charge in [-0.1, -0.05) is 103 Å². The van der Waals surface area contributed by atoms with Crippen molar-refractivity contribution >= 4 is 18.1 Å². The molecule has 1 aliphatic heterocycles. The fraction of sp³-hybridized carbons (Fsp3) is 0.758. The molecule has 2 heterocycles. The first-order chi connectivity index (χ1) is 20.9. The lowest BCUT2D eigenvalue weighted by atomic mass is 10.0. The van der Waals surface area contributed by atoms with Crippen molar-refractivity contribution in [2.24, 2.45) is 5.92 Å². The van der Waals surface area contributed by atoms with Gasteiger partial charge in [-0.25, -0.2) is 14.5 Å². The van der Waals surface area contributed by atoms with Crippen molar-refractivity contribution in [2.75, 3.05) is 26.4 Å². The molecule has 2 rings (SSSR count). The first-order valence-corrected chi connectivity index (χ1v) is 16.5. The molecule has 0 aliphatic carbocycles.